The zero-order valence-corrected chi connectivity index (χ0v) is 13.1. The van der Waals surface area contributed by atoms with Gasteiger partial charge in [-0.2, -0.15) is 11.8 Å². The maximum Gasteiger partial charge on any atom is 0.315 e. The predicted octanol–water partition coefficient (Wildman–Crippen LogP) is 3.21. The molecule has 4 nitrogen and oxygen atoms in total. The van der Waals surface area contributed by atoms with E-state index in [1.807, 2.05) is 17.8 Å². The van der Waals surface area contributed by atoms with Crippen LogP contribution in [0, 0.1) is 0 Å². The van der Waals surface area contributed by atoms with E-state index in [-0.39, 0.29) is 6.03 Å². The first-order valence-corrected chi connectivity index (χ1v) is 8.36. The fraction of sp³-hybridized carbons (Fsp3) is 0.571. The van der Waals surface area contributed by atoms with Gasteiger partial charge in [-0.15, -0.1) is 0 Å². The van der Waals surface area contributed by atoms with E-state index in [0.717, 1.165) is 24.2 Å². The van der Waals surface area contributed by atoms with Crippen LogP contribution < -0.4 is 10.6 Å². The van der Waals surface area contributed by atoms with E-state index in [1.54, 1.807) is 12.3 Å². The van der Waals surface area contributed by atoms with Gasteiger partial charge < -0.3 is 10.6 Å². The quantitative estimate of drug-likeness (QED) is 0.821. The van der Waals surface area contributed by atoms with Crippen molar-refractivity contribution in [2.45, 2.75) is 44.0 Å². The van der Waals surface area contributed by atoms with E-state index in [9.17, 15) is 4.79 Å². The molecule has 0 spiro atoms. The van der Waals surface area contributed by atoms with Gasteiger partial charge in [0.05, 0.1) is 0 Å². The molecule has 1 aliphatic carbocycles. The second-order valence-corrected chi connectivity index (χ2v) is 6.87. The minimum Gasteiger partial charge on any atom is -0.335 e. The summed E-state index contributed by atoms with van der Waals surface area (Å²) in [5, 5.41) is 7.05. The molecule has 0 saturated heterocycles. The molecule has 1 aromatic rings. The summed E-state index contributed by atoms with van der Waals surface area (Å²) in [6.07, 6.45) is 5.03. The molecular formula is C14H20ClN3OS. The zero-order valence-electron chi connectivity index (χ0n) is 11.6. The molecule has 0 aromatic carbocycles. The fourth-order valence-electron chi connectivity index (χ4n) is 2.39. The number of halogens is 1. The Bertz CT molecular complexity index is 441. The molecule has 0 bridgehead atoms. The van der Waals surface area contributed by atoms with Crippen molar-refractivity contribution in [3.05, 3.63) is 29.0 Å². The molecule has 1 fully saturated rings. The number of carbonyl (C=O) groups is 1. The summed E-state index contributed by atoms with van der Waals surface area (Å²) >= 11 is 7.70. The van der Waals surface area contributed by atoms with Crippen molar-refractivity contribution in [3.8, 4) is 0 Å². The van der Waals surface area contributed by atoms with Crippen LogP contribution in [0.3, 0.4) is 0 Å². The standard InChI is InChI=1S/C14H20ClN3OS/c1-2-20-12-5-4-11(7-12)18-14(19)17-9-10-3-6-13(15)16-8-10/h3,6,8,11-12H,2,4-5,7,9H2,1H3,(H2,17,18,19). The van der Waals surface area contributed by atoms with Gasteiger partial charge in [0.15, 0.2) is 0 Å². The Morgan fingerprint density at radius 1 is 1.50 bits per heavy atom. The summed E-state index contributed by atoms with van der Waals surface area (Å²) in [6.45, 7) is 2.65. The Hall–Kier alpha value is -0.940. The average Bonchev–Trinajstić information content (AvgIpc) is 2.86. The molecule has 1 aromatic heterocycles. The average molecular weight is 314 g/mol. The number of nitrogens with one attached hydrogen (secondary N) is 2. The summed E-state index contributed by atoms with van der Waals surface area (Å²) in [4.78, 5) is 15.8. The number of thioether (sulfide) groups is 1. The van der Waals surface area contributed by atoms with Gasteiger partial charge >= 0.3 is 6.03 Å². The van der Waals surface area contributed by atoms with Crippen molar-refractivity contribution < 1.29 is 4.79 Å². The third kappa shape index (κ3) is 4.87. The molecule has 1 aliphatic rings. The van der Waals surface area contributed by atoms with Gasteiger partial charge in [-0.3, -0.25) is 0 Å². The maximum atomic E-state index is 11.8. The second kappa shape index (κ2) is 7.74. The number of rotatable bonds is 5. The predicted molar refractivity (Wildman–Crippen MR) is 84.2 cm³/mol. The monoisotopic (exact) mass is 313 g/mol. The first-order chi connectivity index (χ1) is 9.67. The van der Waals surface area contributed by atoms with Gasteiger partial charge in [0.25, 0.3) is 0 Å². The molecule has 0 radical (unpaired) electrons. The Morgan fingerprint density at radius 2 is 2.35 bits per heavy atom. The molecular weight excluding hydrogens is 294 g/mol. The molecule has 2 rings (SSSR count). The largest absolute Gasteiger partial charge is 0.335 e. The van der Waals surface area contributed by atoms with Crippen LogP contribution in [0.4, 0.5) is 4.79 Å². The van der Waals surface area contributed by atoms with Gasteiger partial charge in [0.1, 0.15) is 5.15 Å². The maximum absolute atomic E-state index is 11.8. The molecule has 2 amide bonds. The lowest BCUT2D eigenvalue weighted by Crippen LogP contribution is -2.40. The molecule has 20 heavy (non-hydrogen) atoms. The molecule has 2 unspecified atom stereocenters. The lowest BCUT2D eigenvalue weighted by Gasteiger charge is -2.14. The molecule has 0 aliphatic heterocycles. The van der Waals surface area contributed by atoms with Crippen LogP contribution >= 0.6 is 23.4 Å². The molecule has 6 heteroatoms. The van der Waals surface area contributed by atoms with Crippen LogP contribution in [0.1, 0.15) is 31.7 Å². The fourth-order valence-corrected chi connectivity index (χ4v) is 3.64. The number of hydrogen-bond acceptors (Lipinski definition) is 3. The first-order valence-electron chi connectivity index (χ1n) is 6.93. The number of pyridine rings is 1. The van der Waals surface area contributed by atoms with Crippen molar-refractivity contribution >= 4 is 29.4 Å². The number of nitrogens with zero attached hydrogens (tertiary/aromatic N) is 1. The second-order valence-electron chi connectivity index (χ2n) is 4.90. The van der Waals surface area contributed by atoms with Gasteiger partial charge in [0, 0.05) is 24.0 Å². The van der Waals surface area contributed by atoms with E-state index in [2.05, 4.69) is 22.5 Å². The number of carbonyl (C=O) groups excluding carboxylic acids is 1. The van der Waals surface area contributed by atoms with Crippen LogP contribution in [0.25, 0.3) is 0 Å². The van der Waals surface area contributed by atoms with Crippen molar-refractivity contribution in [2.24, 2.45) is 0 Å². The summed E-state index contributed by atoms with van der Waals surface area (Å²) in [5.74, 6) is 1.15. The lowest BCUT2D eigenvalue weighted by atomic mass is 10.2. The summed E-state index contributed by atoms with van der Waals surface area (Å²) in [5.41, 5.74) is 0.940. The normalized spacial score (nSPS) is 21.7. The summed E-state index contributed by atoms with van der Waals surface area (Å²) in [7, 11) is 0. The zero-order chi connectivity index (χ0) is 14.4. The van der Waals surface area contributed by atoms with E-state index in [4.69, 9.17) is 11.6 Å². The molecule has 110 valence electrons. The highest BCUT2D eigenvalue weighted by Crippen LogP contribution is 2.29. The van der Waals surface area contributed by atoms with Crippen LogP contribution in [-0.4, -0.2) is 28.1 Å². The smallest absolute Gasteiger partial charge is 0.315 e. The van der Waals surface area contributed by atoms with Gasteiger partial charge in [0.2, 0.25) is 0 Å². The number of urea groups is 1. The molecule has 2 atom stereocenters. The minimum atomic E-state index is -0.105. The Balaban J connectivity index is 1.69. The van der Waals surface area contributed by atoms with Crippen molar-refractivity contribution in [3.63, 3.8) is 0 Å². The molecule has 1 saturated carbocycles. The highest BCUT2D eigenvalue weighted by atomic mass is 35.5. The Morgan fingerprint density at radius 3 is 3.05 bits per heavy atom. The van der Waals surface area contributed by atoms with Crippen LogP contribution in [0.5, 0.6) is 0 Å². The number of hydrogen-bond donors (Lipinski definition) is 2. The number of amides is 2. The molecule has 2 N–H and O–H groups in total. The topological polar surface area (TPSA) is 54.0 Å². The minimum absolute atomic E-state index is 0.105. The first kappa shape index (κ1) is 15.4. The van der Waals surface area contributed by atoms with Crippen molar-refractivity contribution in [1.29, 1.82) is 0 Å². The SMILES string of the molecule is CCSC1CCC(NC(=O)NCc2ccc(Cl)nc2)C1. The van der Waals surface area contributed by atoms with Crippen molar-refractivity contribution in [2.75, 3.05) is 5.75 Å². The van der Waals surface area contributed by atoms with E-state index in [1.165, 1.54) is 6.42 Å². The Labute approximate surface area is 129 Å². The summed E-state index contributed by atoms with van der Waals surface area (Å²) in [6, 6.07) is 3.79. The van der Waals surface area contributed by atoms with E-state index in [0.29, 0.717) is 23.0 Å². The van der Waals surface area contributed by atoms with Gasteiger partial charge in [-0.05, 0) is 36.6 Å². The Kier molecular flexibility index (Phi) is 5.98. The van der Waals surface area contributed by atoms with E-state index >= 15 is 0 Å². The van der Waals surface area contributed by atoms with Crippen LogP contribution in [0.15, 0.2) is 18.3 Å². The van der Waals surface area contributed by atoms with Gasteiger partial charge in [-0.1, -0.05) is 24.6 Å². The van der Waals surface area contributed by atoms with Crippen molar-refractivity contribution in [1.82, 2.24) is 15.6 Å². The van der Waals surface area contributed by atoms with Crippen LogP contribution in [0.2, 0.25) is 5.15 Å². The summed E-state index contributed by atoms with van der Waals surface area (Å²) < 4.78 is 0. The third-order valence-corrected chi connectivity index (χ3v) is 4.82. The van der Waals surface area contributed by atoms with Crippen LogP contribution in [-0.2, 0) is 6.54 Å². The molecule has 1 heterocycles. The van der Waals surface area contributed by atoms with E-state index < -0.39 is 0 Å². The lowest BCUT2D eigenvalue weighted by molar-refractivity contribution is 0.236. The third-order valence-electron chi connectivity index (χ3n) is 3.36. The van der Waals surface area contributed by atoms with Gasteiger partial charge in [-0.25, -0.2) is 9.78 Å². The highest BCUT2D eigenvalue weighted by Gasteiger charge is 2.25. The number of aromatic nitrogens is 1. The highest BCUT2D eigenvalue weighted by molar-refractivity contribution is 7.99.